The van der Waals surface area contributed by atoms with Crippen LogP contribution in [-0.2, 0) is 20.7 Å². The maximum atomic E-state index is 13.9. The lowest BCUT2D eigenvalue weighted by Gasteiger charge is -2.17. The predicted molar refractivity (Wildman–Crippen MR) is 116 cm³/mol. The van der Waals surface area contributed by atoms with E-state index in [1.807, 2.05) is 25.3 Å². The molecule has 1 aromatic carbocycles. The van der Waals surface area contributed by atoms with E-state index in [9.17, 15) is 18.4 Å². The van der Waals surface area contributed by atoms with E-state index in [2.05, 4.69) is 4.98 Å². The minimum absolute atomic E-state index is 0.0631. The number of benzene rings is 1. The topological polar surface area (TPSA) is 83.6 Å². The average Bonchev–Trinajstić information content (AvgIpc) is 3.34. The van der Waals surface area contributed by atoms with Crippen molar-refractivity contribution < 1.29 is 32.3 Å². The smallest absolute Gasteiger partial charge is 0.306 e. The van der Waals surface area contributed by atoms with Crippen LogP contribution in [0.4, 0.5) is 8.78 Å². The number of rotatable bonds is 10. The van der Waals surface area contributed by atoms with E-state index < -0.39 is 17.6 Å². The van der Waals surface area contributed by atoms with Gasteiger partial charge in [-0.25, -0.2) is 13.8 Å². The molecule has 2 aromatic heterocycles. The number of aryl methyl sites for hydroxylation is 2. The SMILES string of the molecule is COCC(C)n1c(C)cc(C(=O)COC(=O)CCc2ncc(-c3ccc(F)cc3F)o2)c1C. The highest BCUT2D eigenvalue weighted by Crippen LogP contribution is 2.25. The van der Waals surface area contributed by atoms with Crippen molar-refractivity contribution in [2.45, 2.75) is 39.7 Å². The number of carbonyl (C=O) groups is 2. The lowest BCUT2D eigenvalue weighted by Crippen LogP contribution is -2.17. The zero-order chi connectivity index (χ0) is 24.1. The Kier molecular flexibility index (Phi) is 7.75. The molecule has 0 spiro atoms. The summed E-state index contributed by atoms with van der Waals surface area (Å²) in [7, 11) is 1.62. The molecule has 0 N–H and O–H groups in total. The molecule has 0 radical (unpaired) electrons. The molecule has 9 heteroatoms. The van der Waals surface area contributed by atoms with Gasteiger partial charge in [-0.3, -0.25) is 9.59 Å². The van der Waals surface area contributed by atoms with Crippen LogP contribution in [0.25, 0.3) is 11.3 Å². The van der Waals surface area contributed by atoms with Gasteiger partial charge >= 0.3 is 5.97 Å². The molecule has 33 heavy (non-hydrogen) atoms. The molecule has 7 nitrogen and oxygen atoms in total. The second-order valence-electron chi connectivity index (χ2n) is 7.79. The van der Waals surface area contributed by atoms with Crippen LogP contribution in [0, 0.1) is 25.5 Å². The number of ketones is 1. The van der Waals surface area contributed by atoms with Gasteiger partial charge in [0.05, 0.1) is 30.8 Å². The molecule has 0 saturated carbocycles. The minimum Gasteiger partial charge on any atom is -0.457 e. The minimum atomic E-state index is -0.772. The van der Waals surface area contributed by atoms with E-state index >= 15 is 0 Å². The average molecular weight is 460 g/mol. The van der Waals surface area contributed by atoms with Gasteiger partial charge in [0.15, 0.2) is 18.3 Å². The molecular weight excluding hydrogens is 434 g/mol. The Morgan fingerprint density at radius 1 is 1.21 bits per heavy atom. The molecule has 2 heterocycles. The number of nitrogens with zero attached hydrogens (tertiary/aromatic N) is 2. The van der Waals surface area contributed by atoms with E-state index in [1.54, 1.807) is 13.2 Å². The molecule has 1 atom stereocenters. The Bertz CT molecular complexity index is 1150. The molecule has 0 saturated heterocycles. The second kappa shape index (κ2) is 10.5. The maximum absolute atomic E-state index is 13.9. The number of methoxy groups -OCH3 is 1. The van der Waals surface area contributed by atoms with Gasteiger partial charge in [0, 0.05) is 36.5 Å². The van der Waals surface area contributed by atoms with Gasteiger partial charge < -0.3 is 18.5 Å². The summed E-state index contributed by atoms with van der Waals surface area (Å²) >= 11 is 0. The number of ether oxygens (including phenoxy) is 2. The number of oxazole rings is 1. The van der Waals surface area contributed by atoms with Crippen molar-refractivity contribution >= 4 is 11.8 Å². The number of halogens is 2. The fourth-order valence-corrected chi connectivity index (χ4v) is 3.80. The molecule has 3 rings (SSSR count). The number of Topliss-reactive ketones (excluding diaryl/α,β-unsaturated/α-hetero) is 1. The Balaban J connectivity index is 1.54. The summed E-state index contributed by atoms with van der Waals surface area (Å²) in [5.41, 5.74) is 2.28. The van der Waals surface area contributed by atoms with Crippen molar-refractivity contribution in [2.75, 3.05) is 20.3 Å². The van der Waals surface area contributed by atoms with E-state index in [0.29, 0.717) is 12.2 Å². The first-order valence-corrected chi connectivity index (χ1v) is 10.5. The molecule has 0 aliphatic carbocycles. The molecule has 1 unspecified atom stereocenters. The second-order valence-corrected chi connectivity index (χ2v) is 7.79. The fourth-order valence-electron chi connectivity index (χ4n) is 3.80. The summed E-state index contributed by atoms with van der Waals surface area (Å²) in [6.07, 6.45) is 1.35. The first-order valence-electron chi connectivity index (χ1n) is 10.5. The highest BCUT2D eigenvalue weighted by molar-refractivity contribution is 5.99. The number of hydrogen-bond donors (Lipinski definition) is 0. The Morgan fingerprint density at radius 2 is 1.97 bits per heavy atom. The van der Waals surface area contributed by atoms with Crippen LogP contribution in [0.15, 0.2) is 34.9 Å². The summed E-state index contributed by atoms with van der Waals surface area (Å²) in [5, 5.41) is 0. The normalized spacial score (nSPS) is 12.1. The molecule has 0 aliphatic rings. The predicted octanol–water partition coefficient (Wildman–Crippen LogP) is 4.60. The quantitative estimate of drug-likeness (QED) is 0.325. The standard InChI is InChI=1S/C24H26F2N2O5/c1-14-9-19(16(3)28(14)15(2)12-31-4)21(29)13-32-24(30)8-7-23-27-11-22(33-23)18-6-5-17(25)10-20(18)26/h5-6,9-11,15H,7-8,12-13H2,1-4H3. The van der Waals surface area contributed by atoms with E-state index in [1.165, 1.54) is 12.3 Å². The fraction of sp³-hybridized carbons (Fsp3) is 0.375. The van der Waals surface area contributed by atoms with Crippen molar-refractivity contribution in [1.29, 1.82) is 0 Å². The Morgan fingerprint density at radius 3 is 2.67 bits per heavy atom. The van der Waals surface area contributed by atoms with Crippen molar-refractivity contribution in [3.8, 4) is 11.3 Å². The van der Waals surface area contributed by atoms with Crippen LogP contribution in [0.1, 0.15) is 47.0 Å². The largest absolute Gasteiger partial charge is 0.457 e. The van der Waals surface area contributed by atoms with Crippen molar-refractivity contribution in [2.24, 2.45) is 0 Å². The zero-order valence-electron chi connectivity index (χ0n) is 19.0. The molecule has 3 aromatic rings. The van der Waals surface area contributed by atoms with Crippen LogP contribution >= 0.6 is 0 Å². The van der Waals surface area contributed by atoms with Crippen LogP contribution < -0.4 is 0 Å². The van der Waals surface area contributed by atoms with Gasteiger partial charge in [-0.05, 0) is 39.0 Å². The third kappa shape index (κ3) is 5.73. The third-order valence-electron chi connectivity index (χ3n) is 5.29. The van der Waals surface area contributed by atoms with Gasteiger partial charge in [-0.2, -0.15) is 0 Å². The zero-order valence-corrected chi connectivity index (χ0v) is 19.0. The van der Waals surface area contributed by atoms with E-state index in [0.717, 1.165) is 23.5 Å². The number of esters is 1. The molecule has 0 aliphatic heterocycles. The first kappa shape index (κ1) is 24.3. The van der Waals surface area contributed by atoms with E-state index in [4.69, 9.17) is 13.9 Å². The number of aromatic nitrogens is 2. The van der Waals surface area contributed by atoms with Crippen LogP contribution in [-0.4, -0.2) is 41.6 Å². The number of hydrogen-bond acceptors (Lipinski definition) is 6. The van der Waals surface area contributed by atoms with Crippen LogP contribution in [0.5, 0.6) is 0 Å². The summed E-state index contributed by atoms with van der Waals surface area (Å²) in [5.74, 6) is -2.02. The summed E-state index contributed by atoms with van der Waals surface area (Å²) < 4.78 is 44.7. The van der Waals surface area contributed by atoms with Gasteiger partial charge in [0.1, 0.15) is 11.6 Å². The lowest BCUT2D eigenvalue weighted by atomic mass is 10.1. The van der Waals surface area contributed by atoms with Gasteiger partial charge in [-0.15, -0.1) is 0 Å². The molecular formula is C24H26F2N2O5. The molecule has 0 amide bonds. The van der Waals surface area contributed by atoms with Gasteiger partial charge in [0.2, 0.25) is 5.78 Å². The van der Waals surface area contributed by atoms with Crippen LogP contribution in [0.2, 0.25) is 0 Å². The Labute approximate surface area is 190 Å². The summed E-state index contributed by atoms with van der Waals surface area (Å²) in [6, 6.07) is 4.96. The van der Waals surface area contributed by atoms with E-state index in [-0.39, 0.29) is 48.5 Å². The van der Waals surface area contributed by atoms with Crippen molar-refractivity contribution in [3.63, 3.8) is 0 Å². The molecule has 176 valence electrons. The maximum Gasteiger partial charge on any atom is 0.306 e. The highest BCUT2D eigenvalue weighted by atomic mass is 19.1. The van der Waals surface area contributed by atoms with Crippen molar-refractivity contribution in [3.05, 3.63) is 64.9 Å². The number of carbonyl (C=O) groups excluding carboxylic acids is 2. The molecule has 0 bridgehead atoms. The van der Waals surface area contributed by atoms with Gasteiger partial charge in [0.25, 0.3) is 0 Å². The monoisotopic (exact) mass is 460 g/mol. The van der Waals surface area contributed by atoms with Gasteiger partial charge in [-0.1, -0.05) is 0 Å². The summed E-state index contributed by atoms with van der Waals surface area (Å²) in [4.78, 5) is 28.7. The Hall–Kier alpha value is -3.33. The first-order chi connectivity index (χ1) is 15.7. The molecule has 0 fully saturated rings. The summed E-state index contributed by atoms with van der Waals surface area (Å²) in [6.45, 7) is 5.88. The lowest BCUT2D eigenvalue weighted by molar-refractivity contribution is -0.142. The van der Waals surface area contributed by atoms with Crippen LogP contribution in [0.3, 0.4) is 0 Å². The highest BCUT2D eigenvalue weighted by Gasteiger charge is 2.20. The third-order valence-corrected chi connectivity index (χ3v) is 5.29. The van der Waals surface area contributed by atoms with Crippen molar-refractivity contribution in [1.82, 2.24) is 9.55 Å².